The molecule has 0 aromatic rings. The van der Waals surface area contributed by atoms with Gasteiger partial charge in [0.25, 0.3) is 0 Å². The van der Waals surface area contributed by atoms with Crippen LogP contribution in [0.25, 0.3) is 0 Å². The normalized spacial score (nSPS) is 12.1. The summed E-state index contributed by atoms with van der Waals surface area (Å²) in [6.07, 6.45) is 42.6. The number of carbonyl (C=O) groups is 2. The number of esters is 1. The second-order valence-corrected chi connectivity index (χ2v) is 17.2. The minimum atomic E-state index is -0.457. The first-order chi connectivity index (χ1) is 27.5. The standard InChI is InChI=1S/C50H99NO5/c1-6-11-16-20-23-31-39-47(38-30-19-14-9-4)49(52)54-45-36-28-26-34-43-51(42-15-10-5)44-35-27-29-37-46-55-50(53)56-48(40-32-24-21-17-12-7-2)41-33-25-22-18-13-8-3/h47-48H,6-46H2,1-5H3. The second kappa shape index (κ2) is 44.8. The van der Waals surface area contributed by atoms with Crippen LogP contribution in [0.3, 0.4) is 0 Å². The van der Waals surface area contributed by atoms with E-state index in [0.29, 0.717) is 13.2 Å². The summed E-state index contributed by atoms with van der Waals surface area (Å²) in [5.41, 5.74) is 0. The lowest BCUT2D eigenvalue weighted by Gasteiger charge is -2.22. The molecule has 1 unspecified atom stereocenters. The fourth-order valence-corrected chi connectivity index (χ4v) is 7.85. The Bertz CT molecular complexity index is 790. The van der Waals surface area contributed by atoms with Crippen LogP contribution < -0.4 is 0 Å². The summed E-state index contributed by atoms with van der Waals surface area (Å²) in [4.78, 5) is 28.2. The number of carbonyl (C=O) groups excluding carboxylic acids is 2. The van der Waals surface area contributed by atoms with Crippen LogP contribution in [-0.4, -0.2) is 56.0 Å². The van der Waals surface area contributed by atoms with Crippen LogP contribution >= 0.6 is 0 Å². The molecule has 6 heteroatoms. The molecule has 0 heterocycles. The van der Waals surface area contributed by atoms with E-state index in [1.54, 1.807) is 0 Å². The first-order valence-electron chi connectivity index (χ1n) is 25.2. The van der Waals surface area contributed by atoms with E-state index in [0.717, 1.165) is 90.1 Å². The summed E-state index contributed by atoms with van der Waals surface area (Å²) in [5, 5.41) is 0. The number of hydrogen-bond donors (Lipinski definition) is 0. The van der Waals surface area contributed by atoms with Crippen molar-refractivity contribution in [1.29, 1.82) is 0 Å². The molecule has 0 rings (SSSR count). The number of unbranched alkanes of at least 4 members (excludes halogenated alkanes) is 25. The van der Waals surface area contributed by atoms with Gasteiger partial charge in [0.2, 0.25) is 0 Å². The van der Waals surface area contributed by atoms with Gasteiger partial charge >= 0.3 is 12.1 Å². The molecule has 0 saturated carbocycles. The van der Waals surface area contributed by atoms with Gasteiger partial charge in [-0.3, -0.25) is 4.79 Å². The Labute approximate surface area is 350 Å². The zero-order chi connectivity index (χ0) is 41.0. The maximum Gasteiger partial charge on any atom is 0.508 e. The van der Waals surface area contributed by atoms with Gasteiger partial charge in [-0.05, 0) is 90.3 Å². The summed E-state index contributed by atoms with van der Waals surface area (Å²) in [6.45, 7) is 15.8. The number of hydrogen-bond acceptors (Lipinski definition) is 6. The third-order valence-corrected chi connectivity index (χ3v) is 11.7. The van der Waals surface area contributed by atoms with Crippen LogP contribution in [0.5, 0.6) is 0 Å². The predicted molar refractivity (Wildman–Crippen MR) is 242 cm³/mol. The average molecular weight is 794 g/mol. The van der Waals surface area contributed by atoms with Gasteiger partial charge in [-0.2, -0.15) is 0 Å². The summed E-state index contributed by atoms with van der Waals surface area (Å²) >= 11 is 0. The Morgan fingerprint density at radius 1 is 0.375 bits per heavy atom. The summed E-state index contributed by atoms with van der Waals surface area (Å²) in [5.74, 6) is 0.171. The van der Waals surface area contributed by atoms with Crippen molar-refractivity contribution in [3.8, 4) is 0 Å². The van der Waals surface area contributed by atoms with Gasteiger partial charge in [-0.25, -0.2) is 4.79 Å². The Balaban J connectivity index is 4.29. The molecule has 0 N–H and O–H groups in total. The van der Waals surface area contributed by atoms with Gasteiger partial charge in [-0.1, -0.05) is 195 Å². The van der Waals surface area contributed by atoms with E-state index >= 15 is 0 Å². The van der Waals surface area contributed by atoms with E-state index in [1.165, 1.54) is 161 Å². The molecular formula is C50H99NO5. The lowest BCUT2D eigenvalue weighted by molar-refractivity contribution is -0.149. The van der Waals surface area contributed by atoms with Crippen molar-refractivity contribution in [1.82, 2.24) is 4.90 Å². The fraction of sp³-hybridized carbons (Fsp3) is 0.960. The van der Waals surface area contributed by atoms with E-state index < -0.39 is 6.16 Å². The van der Waals surface area contributed by atoms with Crippen molar-refractivity contribution in [3.63, 3.8) is 0 Å². The average Bonchev–Trinajstić information content (AvgIpc) is 3.20. The van der Waals surface area contributed by atoms with Crippen molar-refractivity contribution >= 4 is 12.1 Å². The van der Waals surface area contributed by atoms with Crippen LogP contribution in [0.4, 0.5) is 4.79 Å². The molecule has 0 aliphatic heterocycles. The predicted octanol–water partition coefficient (Wildman–Crippen LogP) is 16.1. The van der Waals surface area contributed by atoms with Crippen molar-refractivity contribution in [2.45, 2.75) is 272 Å². The summed E-state index contributed by atoms with van der Waals surface area (Å²) in [6, 6.07) is 0. The Morgan fingerprint density at radius 2 is 0.714 bits per heavy atom. The summed E-state index contributed by atoms with van der Waals surface area (Å²) < 4.78 is 17.2. The smallest absolute Gasteiger partial charge is 0.465 e. The van der Waals surface area contributed by atoms with Gasteiger partial charge in [0.05, 0.1) is 19.1 Å². The second-order valence-electron chi connectivity index (χ2n) is 17.2. The topological polar surface area (TPSA) is 65.1 Å². The van der Waals surface area contributed by atoms with Crippen LogP contribution in [0.1, 0.15) is 266 Å². The van der Waals surface area contributed by atoms with Crippen molar-refractivity contribution in [2.75, 3.05) is 32.8 Å². The largest absolute Gasteiger partial charge is 0.508 e. The Hall–Kier alpha value is -1.30. The zero-order valence-electron chi connectivity index (χ0n) is 38.6. The maximum atomic E-state index is 13.0. The lowest BCUT2D eigenvalue weighted by Crippen LogP contribution is -2.27. The maximum absolute atomic E-state index is 13.0. The van der Waals surface area contributed by atoms with Crippen molar-refractivity contribution in [2.24, 2.45) is 5.92 Å². The van der Waals surface area contributed by atoms with Gasteiger partial charge < -0.3 is 19.1 Å². The molecule has 0 aliphatic rings. The van der Waals surface area contributed by atoms with Crippen molar-refractivity contribution < 1.29 is 23.8 Å². The minimum absolute atomic E-state index is 0.00805. The molecule has 0 fully saturated rings. The molecule has 1 atom stereocenters. The summed E-state index contributed by atoms with van der Waals surface area (Å²) in [7, 11) is 0. The van der Waals surface area contributed by atoms with Gasteiger partial charge in [0, 0.05) is 0 Å². The highest BCUT2D eigenvalue weighted by Crippen LogP contribution is 2.21. The van der Waals surface area contributed by atoms with E-state index in [-0.39, 0.29) is 18.0 Å². The van der Waals surface area contributed by atoms with E-state index in [1.807, 2.05) is 0 Å². The third-order valence-electron chi connectivity index (χ3n) is 11.7. The molecule has 56 heavy (non-hydrogen) atoms. The van der Waals surface area contributed by atoms with Gasteiger partial charge in [-0.15, -0.1) is 0 Å². The molecule has 0 aliphatic carbocycles. The SMILES string of the molecule is CCCCCCCCC(CCCCCCCC)OC(=O)OCCCCCCN(CCCC)CCCCCCOC(=O)C(CCCCCC)CCCCCCCC. The molecule has 0 saturated heterocycles. The van der Waals surface area contributed by atoms with Crippen LogP contribution in [0.15, 0.2) is 0 Å². The highest BCUT2D eigenvalue weighted by Gasteiger charge is 2.19. The Kier molecular flexibility index (Phi) is 43.8. The number of ether oxygens (including phenoxy) is 3. The zero-order valence-corrected chi connectivity index (χ0v) is 38.6. The highest BCUT2D eigenvalue weighted by atomic mass is 16.7. The third kappa shape index (κ3) is 38.2. The molecule has 0 bridgehead atoms. The first kappa shape index (κ1) is 54.7. The van der Waals surface area contributed by atoms with Crippen molar-refractivity contribution in [3.05, 3.63) is 0 Å². The van der Waals surface area contributed by atoms with E-state index in [2.05, 4.69) is 39.5 Å². The Morgan fingerprint density at radius 3 is 1.18 bits per heavy atom. The molecule has 0 spiro atoms. The fourth-order valence-electron chi connectivity index (χ4n) is 7.85. The minimum Gasteiger partial charge on any atom is -0.465 e. The van der Waals surface area contributed by atoms with Crippen LogP contribution in [0, 0.1) is 5.92 Å². The molecule has 0 amide bonds. The van der Waals surface area contributed by atoms with Crippen LogP contribution in [-0.2, 0) is 19.0 Å². The molecular weight excluding hydrogens is 695 g/mol. The molecule has 334 valence electrons. The number of nitrogens with zero attached hydrogens (tertiary/aromatic N) is 1. The molecule has 6 nitrogen and oxygen atoms in total. The highest BCUT2D eigenvalue weighted by molar-refractivity contribution is 5.72. The molecule has 0 aromatic heterocycles. The quantitative estimate of drug-likeness (QED) is 0.0452. The van der Waals surface area contributed by atoms with Gasteiger partial charge in [0.1, 0.15) is 6.10 Å². The van der Waals surface area contributed by atoms with Crippen LogP contribution in [0.2, 0.25) is 0 Å². The van der Waals surface area contributed by atoms with Gasteiger partial charge in [0.15, 0.2) is 0 Å². The van der Waals surface area contributed by atoms with E-state index in [9.17, 15) is 9.59 Å². The first-order valence-corrected chi connectivity index (χ1v) is 25.2. The monoisotopic (exact) mass is 794 g/mol. The number of rotatable bonds is 45. The molecule has 0 radical (unpaired) electrons. The lowest BCUT2D eigenvalue weighted by atomic mass is 9.94. The molecule has 0 aromatic carbocycles. The van der Waals surface area contributed by atoms with E-state index in [4.69, 9.17) is 14.2 Å².